The van der Waals surface area contributed by atoms with Crippen molar-refractivity contribution in [3.05, 3.63) is 36.3 Å². The van der Waals surface area contributed by atoms with Crippen LogP contribution in [-0.2, 0) is 5.75 Å². The molecule has 0 spiro atoms. The lowest BCUT2D eigenvalue weighted by molar-refractivity contribution is 1.06. The highest BCUT2D eigenvalue weighted by atomic mass is 32.2. The van der Waals surface area contributed by atoms with Gasteiger partial charge in [0.25, 0.3) is 0 Å². The number of thioether (sulfide) groups is 1. The molecule has 0 radical (unpaired) electrons. The molecule has 15 heavy (non-hydrogen) atoms. The predicted octanol–water partition coefficient (Wildman–Crippen LogP) is 2.14. The van der Waals surface area contributed by atoms with Crippen LogP contribution in [0.4, 0.5) is 5.82 Å². The molecule has 0 bridgehead atoms. The largest absolute Gasteiger partial charge is 0.373 e. The summed E-state index contributed by atoms with van der Waals surface area (Å²) in [5, 5.41) is 3.96. The van der Waals surface area contributed by atoms with E-state index in [1.54, 1.807) is 18.0 Å². The average molecular weight is 220 g/mol. The molecular weight excluding hydrogens is 208 g/mol. The summed E-state index contributed by atoms with van der Waals surface area (Å²) in [5.74, 6) is 1.79. The number of H-pyrrole nitrogens is 1. The molecular formula is C10H12N4S. The second-order valence-electron chi connectivity index (χ2n) is 2.98. The van der Waals surface area contributed by atoms with Gasteiger partial charge in [0.2, 0.25) is 0 Å². The zero-order valence-corrected chi connectivity index (χ0v) is 9.21. The zero-order valence-electron chi connectivity index (χ0n) is 8.40. The van der Waals surface area contributed by atoms with E-state index in [4.69, 9.17) is 0 Å². The Labute approximate surface area is 92.5 Å². The van der Waals surface area contributed by atoms with Crippen LogP contribution >= 0.6 is 11.8 Å². The number of hydrogen-bond acceptors (Lipinski definition) is 4. The Morgan fingerprint density at radius 3 is 3.07 bits per heavy atom. The van der Waals surface area contributed by atoms with E-state index in [1.165, 1.54) is 5.56 Å². The first-order chi connectivity index (χ1) is 7.38. The van der Waals surface area contributed by atoms with Gasteiger partial charge in [0, 0.05) is 31.4 Å². The van der Waals surface area contributed by atoms with Crippen LogP contribution in [0.3, 0.4) is 0 Å². The van der Waals surface area contributed by atoms with Crippen molar-refractivity contribution in [3.63, 3.8) is 0 Å². The van der Waals surface area contributed by atoms with Gasteiger partial charge in [-0.25, -0.2) is 9.97 Å². The number of anilines is 1. The number of pyridine rings is 1. The van der Waals surface area contributed by atoms with Crippen LogP contribution in [-0.4, -0.2) is 22.0 Å². The molecule has 0 aliphatic heterocycles. The van der Waals surface area contributed by atoms with E-state index in [9.17, 15) is 0 Å². The van der Waals surface area contributed by atoms with Crippen LogP contribution in [0, 0.1) is 0 Å². The van der Waals surface area contributed by atoms with Crippen molar-refractivity contribution in [2.45, 2.75) is 10.9 Å². The SMILES string of the molecule is CNc1cc(CSc2ncc[nH]2)ccn1. The van der Waals surface area contributed by atoms with E-state index < -0.39 is 0 Å². The molecule has 0 amide bonds. The first kappa shape index (κ1) is 10.0. The Bertz CT molecular complexity index is 413. The standard InChI is InChI=1S/C10H12N4S/c1-11-9-6-8(2-3-12-9)7-15-10-13-4-5-14-10/h2-6H,7H2,1H3,(H,11,12)(H,13,14). The molecule has 0 aliphatic carbocycles. The maximum Gasteiger partial charge on any atom is 0.165 e. The molecule has 2 aromatic heterocycles. The van der Waals surface area contributed by atoms with Crippen LogP contribution in [0.25, 0.3) is 0 Å². The Balaban J connectivity index is 1.98. The topological polar surface area (TPSA) is 53.6 Å². The Kier molecular flexibility index (Phi) is 3.24. The van der Waals surface area contributed by atoms with Crippen molar-refractivity contribution in [1.29, 1.82) is 0 Å². The van der Waals surface area contributed by atoms with Gasteiger partial charge in [-0.05, 0) is 17.7 Å². The number of aromatic nitrogens is 3. The molecule has 2 aromatic rings. The molecule has 0 saturated carbocycles. The van der Waals surface area contributed by atoms with E-state index >= 15 is 0 Å². The van der Waals surface area contributed by atoms with Crippen LogP contribution in [0.15, 0.2) is 35.9 Å². The molecule has 0 aliphatic rings. The van der Waals surface area contributed by atoms with E-state index in [-0.39, 0.29) is 0 Å². The zero-order chi connectivity index (χ0) is 10.5. The fourth-order valence-corrected chi connectivity index (χ4v) is 1.95. The summed E-state index contributed by atoms with van der Waals surface area (Å²) in [6, 6.07) is 4.05. The van der Waals surface area contributed by atoms with Crippen molar-refractivity contribution < 1.29 is 0 Å². The van der Waals surface area contributed by atoms with Crippen LogP contribution in [0.2, 0.25) is 0 Å². The van der Waals surface area contributed by atoms with E-state index in [1.807, 2.05) is 31.6 Å². The van der Waals surface area contributed by atoms with Crippen molar-refractivity contribution in [2.75, 3.05) is 12.4 Å². The van der Waals surface area contributed by atoms with Crippen molar-refractivity contribution in [2.24, 2.45) is 0 Å². The van der Waals surface area contributed by atoms with Gasteiger partial charge in [-0.3, -0.25) is 0 Å². The number of nitrogens with zero attached hydrogens (tertiary/aromatic N) is 2. The maximum atomic E-state index is 4.16. The van der Waals surface area contributed by atoms with Gasteiger partial charge in [-0.15, -0.1) is 0 Å². The summed E-state index contributed by atoms with van der Waals surface area (Å²) in [6.45, 7) is 0. The monoisotopic (exact) mass is 220 g/mol. The minimum Gasteiger partial charge on any atom is -0.373 e. The van der Waals surface area contributed by atoms with Gasteiger partial charge in [-0.2, -0.15) is 0 Å². The molecule has 2 N–H and O–H groups in total. The van der Waals surface area contributed by atoms with Crippen molar-refractivity contribution >= 4 is 17.6 Å². The quantitative estimate of drug-likeness (QED) is 0.775. The lowest BCUT2D eigenvalue weighted by Gasteiger charge is -2.02. The van der Waals surface area contributed by atoms with Crippen LogP contribution in [0.5, 0.6) is 0 Å². The highest BCUT2D eigenvalue weighted by Crippen LogP contribution is 2.19. The number of rotatable bonds is 4. The van der Waals surface area contributed by atoms with Gasteiger partial charge in [-0.1, -0.05) is 11.8 Å². The second-order valence-corrected chi connectivity index (χ2v) is 3.95. The normalized spacial score (nSPS) is 10.2. The molecule has 0 atom stereocenters. The molecule has 2 heterocycles. The third-order valence-corrected chi connectivity index (χ3v) is 2.90. The lowest BCUT2D eigenvalue weighted by Crippen LogP contribution is -1.92. The van der Waals surface area contributed by atoms with Crippen molar-refractivity contribution in [1.82, 2.24) is 15.0 Å². The first-order valence-electron chi connectivity index (χ1n) is 4.63. The van der Waals surface area contributed by atoms with E-state index in [0.717, 1.165) is 16.7 Å². The minimum absolute atomic E-state index is 0.894. The van der Waals surface area contributed by atoms with E-state index in [2.05, 4.69) is 20.3 Å². The average Bonchev–Trinajstić information content (AvgIpc) is 2.79. The first-order valence-corrected chi connectivity index (χ1v) is 5.62. The highest BCUT2D eigenvalue weighted by Gasteiger charge is 1.99. The fourth-order valence-electron chi connectivity index (χ4n) is 1.18. The highest BCUT2D eigenvalue weighted by molar-refractivity contribution is 7.98. The number of aromatic amines is 1. The van der Waals surface area contributed by atoms with Crippen LogP contribution in [0.1, 0.15) is 5.56 Å². The Morgan fingerprint density at radius 2 is 2.33 bits per heavy atom. The third-order valence-electron chi connectivity index (χ3n) is 1.93. The molecule has 0 saturated heterocycles. The summed E-state index contributed by atoms with van der Waals surface area (Å²) in [4.78, 5) is 11.4. The number of imidazole rings is 1. The molecule has 0 unspecified atom stereocenters. The molecule has 4 nitrogen and oxygen atoms in total. The van der Waals surface area contributed by atoms with Gasteiger partial charge in [0.1, 0.15) is 5.82 Å². The van der Waals surface area contributed by atoms with Crippen molar-refractivity contribution in [3.8, 4) is 0 Å². The van der Waals surface area contributed by atoms with Gasteiger partial charge in [0.05, 0.1) is 0 Å². The summed E-state index contributed by atoms with van der Waals surface area (Å²) in [6.07, 6.45) is 5.39. The Morgan fingerprint density at radius 1 is 1.40 bits per heavy atom. The Hall–Kier alpha value is -1.49. The van der Waals surface area contributed by atoms with Gasteiger partial charge in [0.15, 0.2) is 5.16 Å². The molecule has 2 rings (SSSR count). The fraction of sp³-hybridized carbons (Fsp3) is 0.200. The van der Waals surface area contributed by atoms with E-state index in [0.29, 0.717) is 0 Å². The van der Waals surface area contributed by atoms with Gasteiger partial charge >= 0.3 is 0 Å². The third kappa shape index (κ3) is 2.73. The minimum atomic E-state index is 0.894. The predicted molar refractivity (Wildman–Crippen MR) is 61.9 cm³/mol. The molecule has 0 aromatic carbocycles. The summed E-state index contributed by atoms with van der Waals surface area (Å²) < 4.78 is 0. The summed E-state index contributed by atoms with van der Waals surface area (Å²) in [7, 11) is 1.87. The molecule has 5 heteroatoms. The second kappa shape index (κ2) is 4.84. The number of nitrogens with one attached hydrogen (secondary N) is 2. The van der Waals surface area contributed by atoms with Gasteiger partial charge < -0.3 is 10.3 Å². The number of hydrogen-bond donors (Lipinski definition) is 2. The summed E-state index contributed by atoms with van der Waals surface area (Å²) in [5.41, 5.74) is 1.23. The summed E-state index contributed by atoms with van der Waals surface area (Å²) >= 11 is 1.68. The molecule has 0 fully saturated rings. The lowest BCUT2D eigenvalue weighted by atomic mass is 10.3. The molecule has 78 valence electrons. The smallest absolute Gasteiger partial charge is 0.165 e. The van der Waals surface area contributed by atoms with Crippen LogP contribution < -0.4 is 5.32 Å². The maximum absolute atomic E-state index is 4.16.